The SMILES string of the molecule is CCOC(=O)c1ccc(CCCn2cc(CN(C(=O)OC(C)(C)C)C3CC3c3ccccc3)cn2)cc1. The van der Waals surface area contributed by atoms with Crippen LogP contribution in [0.5, 0.6) is 0 Å². The molecule has 4 rings (SSSR count). The lowest BCUT2D eigenvalue weighted by Gasteiger charge is -2.27. The van der Waals surface area contributed by atoms with Gasteiger partial charge in [0.15, 0.2) is 0 Å². The van der Waals surface area contributed by atoms with Crippen molar-refractivity contribution in [3.8, 4) is 0 Å². The smallest absolute Gasteiger partial charge is 0.410 e. The number of nitrogens with zero attached hydrogens (tertiary/aromatic N) is 3. The Labute approximate surface area is 219 Å². The molecule has 7 nitrogen and oxygen atoms in total. The Kier molecular flexibility index (Phi) is 8.31. The zero-order valence-electron chi connectivity index (χ0n) is 22.2. The van der Waals surface area contributed by atoms with Crippen LogP contribution < -0.4 is 0 Å². The predicted octanol–water partition coefficient (Wildman–Crippen LogP) is 5.99. The van der Waals surface area contributed by atoms with E-state index in [1.165, 1.54) is 5.56 Å². The second-order valence-corrected chi connectivity index (χ2v) is 10.6. The molecule has 2 unspecified atom stereocenters. The van der Waals surface area contributed by atoms with E-state index in [9.17, 15) is 9.59 Å². The van der Waals surface area contributed by atoms with Gasteiger partial charge in [0.2, 0.25) is 0 Å². The normalized spacial score (nSPS) is 16.8. The van der Waals surface area contributed by atoms with E-state index < -0.39 is 5.60 Å². The van der Waals surface area contributed by atoms with Crippen LogP contribution in [0.1, 0.15) is 73.5 Å². The van der Waals surface area contributed by atoms with E-state index in [-0.39, 0.29) is 18.1 Å². The van der Waals surface area contributed by atoms with Crippen molar-refractivity contribution in [3.63, 3.8) is 0 Å². The van der Waals surface area contributed by atoms with Crippen LogP contribution in [0.25, 0.3) is 0 Å². The largest absolute Gasteiger partial charge is 0.462 e. The Bertz CT molecular complexity index is 1180. The summed E-state index contributed by atoms with van der Waals surface area (Å²) in [6.07, 6.45) is 6.30. The molecule has 1 saturated carbocycles. The summed E-state index contributed by atoms with van der Waals surface area (Å²) in [5.41, 5.74) is 3.43. The number of benzene rings is 2. The fourth-order valence-corrected chi connectivity index (χ4v) is 4.50. The molecule has 2 aromatic carbocycles. The third-order valence-corrected chi connectivity index (χ3v) is 6.37. The van der Waals surface area contributed by atoms with E-state index in [0.29, 0.717) is 24.6 Å². The summed E-state index contributed by atoms with van der Waals surface area (Å²) in [4.78, 5) is 26.8. The molecule has 1 aliphatic rings. The van der Waals surface area contributed by atoms with Crippen LogP contribution in [0.15, 0.2) is 67.0 Å². The van der Waals surface area contributed by atoms with Gasteiger partial charge in [-0.2, -0.15) is 5.10 Å². The third kappa shape index (κ3) is 7.44. The van der Waals surface area contributed by atoms with E-state index in [1.807, 2.05) is 85.2 Å². The molecule has 0 N–H and O–H groups in total. The first-order valence-corrected chi connectivity index (χ1v) is 13.1. The van der Waals surface area contributed by atoms with Crippen molar-refractivity contribution in [1.29, 1.82) is 0 Å². The highest BCUT2D eigenvalue weighted by Gasteiger charge is 2.46. The van der Waals surface area contributed by atoms with Gasteiger partial charge in [0.25, 0.3) is 0 Å². The van der Waals surface area contributed by atoms with Gasteiger partial charge >= 0.3 is 12.1 Å². The Balaban J connectivity index is 1.34. The Hall–Kier alpha value is -3.61. The number of esters is 1. The van der Waals surface area contributed by atoms with Gasteiger partial charge in [0.1, 0.15) is 5.60 Å². The van der Waals surface area contributed by atoms with Crippen LogP contribution in [0.3, 0.4) is 0 Å². The average molecular weight is 504 g/mol. The van der Waals surface area contributed by atoms with Gasteiger partial charge in [0, 0.05) is 30.3 Å². The van der Waals surface area contributed by atoms with Crippen molar-refractivity contribution in [2.45, 2.75) is 77.6 Å². The fraction of sp³-hybridized carbons (Fsp3) is 0.433. The average Bonchev–Trinajstić information content (AvgIpc) is 3.53. The van der Waals surface area contributed by atoms with Gasteiger partial charge in [-0.05, 0) is 70.2 Å². The number of hydrogen-bond acceptors (Lipinski definition) is 5. The summed E-state index contributed by atoms with van der Waals surface area (Å²) in [7, 11) is 0. The molecular weight excluding hydrogens is 466 g/mol. The number of aromatic nitrogens is 2. The van der Waals surface area contributed by atoms with E-state index in [0.717, 1.165) is 36.9 Å². The van der Waals surface area contributed by atoms with Gasteiger partial charge in [-0.1, -0.05) is 42.5 Å². The zero-order chi connectivity index (χ0) is 26.4. The van der Waals surface area contributed by atoms with Gasteiger partial charge < -0.3 is 14.4 Å². The molecule has 7 heteroatoms. The Morgan fingerprint density at radius 1 is 1.05 bits per heavy atom. The van der Waals surface area contributed by atoms with Crippen LogP contribution in [0.4, 0.5) is 4.79 Å². The summed E-state index contributed by atoms with van der Waals surface area (Å²) < 4.78 is 12.7. The third-order valence-electron chi connectivity index (χ3n) is 6.37. The zero-order valence-corrected chi connectivity index (χ0v) is 22.2. The minimum absolute atomic E-state index is 0.123. The van der Waals surface area contributed by atoms with Gasteiger partial charge in [-0.3, -0.25) is 4.68 Å². The van der Waals surface area contributed by atoms with Gasteiger partial charge in [-0.25, -0.2) is 9.59 Å². The fourth-order valence-electron chi connectivity index (χ4n) is 4.50. The van der Waals surface area contributed by atoms with Crippen LogP contribution >= 0.6 is 0 Å². The first-order valence-electron chi connectivity index (χ1n) is 13.1. The molecule has 196 valence electrons. The van der Waals surface area contributed by atoms with Crippen LogP contribution in [-0.2, 0) is 29.0 Å². The number of ether oxygens (including phenoxy) is 2. The number of carbonyl (C=O) groups excluding carboxylic acids is 2. The van der Waals surface area contributed by atoms with E-state index in [1.54, 1.807) is 6.92 Å². The van der Waals surface area contributed by atoms with Crippen LogP contribution in [0, 0.1) is 0 Å². The first kappa shape index (κ1) is 26.5. The maximum absolute atomic E-state index is 13.1. The highest BCUT2D eigenvalue weighted by molar-refractivity contribution is 5.89. The van der Waals surface area contributed by atoms with E-state index in [2.05, 4.69) is 17.2 Å². The molecule has 0 saturated heterocycles. The van der Waals surface area contributed by atoms with Crippen LogP contribution in [-0.4, -0.2) is 45.0 Å². The van der Waals surface area contributed by atoms with Crippen molar-refractivity contribution < 1.29 is 19.1 Å². The number of aryl methyl sites for hydroxylation is 2. The standard InChI is InChI=1S/C30H37N3O4/c1-5-36-28(34)25-15-13-22(14-16-25)10-9-17-32-20-23(19-31-32)21-33(29(35)37-30(2,3)4)27-18-26(27)24-11-7-6-8-12-24/h6-8,11-16,19-20,26-27H,5,9-10,17-18,21H2,1-4H3. The molecule has 1 aliphatic carbocycles. The number of amides is 1. The quantitative estimate of drug-likeness (QED) is 0.318. The lowest BCUT2D eigenvalue weighted by molar-refractivity contribution is 0.0212. The minimum Gasteiger partial charge on any atom is -0.462 e. The topological polar surface area (TPSA) is 73.7 Å². The number of rotatable bonds is 10. The lowest BCUT2D eigenvalue weighted by Crippen LogP contribution is -2.38. The van der Waals surface area contributed by atoms with Crippen molar-refractivity contribution in [1.82, 2.24) is 14.7 Å². The molecule has 2 atom stereocenters. The number of hydrogen-bond donors (Lipinski definition) is 0. The molecule has 0 aliphatic heterocycles. The van der Waals surface area contributed by atoms with Gasteiger partial charge in [0.05, 0.1) is 24.9 Å². The van der Waals surface area contributed by atoms with E-state index in [4.69, 9.17) is 9.47 Å². The summed E-state index contributed by atoms with van der Waals surface area (Å²) in [5.74, 6) is 0.0406. The minimum atomic E-state index is -0.550. The molecule has 0 bridgehead atoms. The van der Waals surface area contributed by atoms with Crippen LogP contribution in [0.2, 0.25) is 0 Å². The molecule has 1 fully saturated rings. The molecule has 0 spiro atoms. The van der Waals surface area contributed by atoms with E-state index >= 15 is 0 Å². The summed E-state index contributed by atoms with van der Waals surface area (Å²) in [6, 6.07) is 18.0. The van der Waals surface area contributed by atoms with Crippen molar-refractivity contribution in [2.75, 3.05) is 6.61 Å². The molecule has 1 aromatic heterocycles. The van der Waals surface area contributed by atoms with Crippen molar-refractivity contribution >= 4 is 12.1 Å². The monoisotopic (exact) mass is 503 g/mol. The Morgan fingerprint density at radius 3 is 2.46 bits per heavy atom. The van der Waals surface area contributed by atoms with Gasteiger partial charge in [-0.15, -0.1) is 0 Å². The highest BCUT2D eigenvalue weighted by Crippen LogP contribution is 2.45. The first-order chi connectivity index (χ1) is 17.7. The van der Waals surface area contributed by atoms with Crippen molar-refractivity contribution in [2.24, 2.45) is 0 Å². The predicted molar refractivity (Wildman–Crippen MR) is 142 cm³/mol. The molecule has 3 aromatic rings. The maximum atomic E-state index is 13.1. The number of carbonyl (C=O) groups is 2. The lowest BCUT2D eigenvalue weighted by atomic mass is 10.1. The molecular formula is C30H37N3O4. The second-order valence-electron chi connectivity index (χ2n) is 10.6. The summed E-state index contributed by atoms with van der Waals surface area (Å²) in [5, 5.41) is 4.53. The van der Waals surface area contributed by atoms with Crippen molar-refractivity contribution in [3.05, 3.63) is 89.2 Å². The molecule has 1 heterocycles. The Morgan fingerprint density at radius 2 is 1.78 bits per heavy atom. The summed E-state index contributed by atoms with van der Waals surface area (Å²) in [6.45, 7) is 9.10. The highest BCUT2D eigenvalue weighted by atomic mass is 16.6. The maximum Gasteiger partial charge on any atom is 0.410 e. The summed E-state index contributed by atoms with van der Waals surface area (Å²) >= 11 is 0. The molecule has 37 heavy (non-hydrogen) atoms. The molecule has 0 radical (unpaired) electrons. The molecule has 1 amide bonds. The second kappa shape index (κ2) is 11.6.